The van der Waals surface area contributed by atoms with Crippen molar-refractivity contribution in [2.75, 3.05) is 0 Å². The van der Waals surface area contributed by atoms with Crippen molar-refractivity contribution < 1.29 is 15.0 Å². The van der Waals surface area contributed by atoms with Crippen molar-refractivity contribution in [2.24, 2.45) is 5.92 Å². The monoisotopic (exact) mass is 328 g/mol. The lowest BCUT2D eigenvalue weighted by molar-refractivity contribution is -0.131. The minimum atomic E-state index is -0.854. The van der Waals surface area contributed by atoms with E-state index in [9.17, 15) is 9.90 Å². The molecule has 0 heterocycles. The second-order valence-corrected chi connectivity index (χ2v) is 6.68. The molecule has 1 fully saturated rings. The van der Waals surface area contributed by atoms with E-state index in [4.69, 9.17) is 5.11 Å². The van der Waals surface area contributed by atoms with Crippen LogP contribution in [-0.4, -0.2) is 22.3 Å². The van der Waals surface area contributed by atoms with Crippen molar-refractivity contribution in [1.29, 1.82) is 0 Å². The van der Waals surface area contributed by atoms with Crippen LogP contribution in [0.5, 0.6) is 0 Å². The Labute approximate surface area is 144 Å². The highest BCUT2D eigenvalue weighted by Crippen LogP contribution is 2.29. The molecule has 0 unspecified atom stereocenters. The average molecular weight is 328 g/mol. The molecule has 1 aromatic carbocycles. The van der Waals surface area contributed by atoms with Crippen LogP contribution in [0.1, 0.15) is 50.5 Å². The number of carboxylic acids is 1. The first-order valence-electron chi connectivity index (χ1n) is 8.96. The van der Waals surface area contributed by atoms with E-state index in [2.05, 4.69) is 30.3 Å². The number of hydrogen-bond donors (Lipinski definition) is 2. The van der Waals surface area contributed by atoms with Crippen LogP contribution < -0.4 is 0 Å². The molecule has 2 rings (SSSR count). The molecule has 0 saturated heterocycles. The highest BCUT2D eigenvalue weighted by atomic mass is 16.4. The van der Waals surface area contributed by atoms with Gasteiger partial charge in [-0.05, 0) is 56.4 Å². The molecule has 1 aromatic rings. The number of hydrogen-bond acceptors (Lipinski definition) is 2. The quantitative estimate of drug-likeness (QED) is 0.419. The number of benzene rings is 1. The summed E-state index contributed by atoms with van der Waals surface area (Å²) < 4.78 is 0. The van der Waals surface area contributed by atoms with Crippen LogP contribution in [0.4, 0.5) is 0 Å². The summed E-state index contributed by atoms with van der Waals surface area (Å²) in [5.74, 6) is -0.489. The summed E-state index contributed by atoms with van der Waals surface area (Å²) in [7, 11) is 0. The Morgan fingerprint density at radius 1 is 1.25 bits per heavy atom. The molecular formula is C21H28O3. The second-order valence-electron chi connectivity index (χ2n) is 6.68. The van der Waals surface area contributed by atoms with Crippen LogP contribution >= 0.6 is 0 Å². The first-order valence-corrected chi connectivity index (χ1v) is 8.96. The maximum atomic E-state index is 10.8. The largest absolute Gasteiger partial charge is 0.478 e. The molecule has 24 heavy (non-hydrogen) atoms. The smallest absolute Gasteiger partial charge is 0.328 e. The number of carbonyl (C=O) groups is 1. The Bertz CT molecular complexity index is 560. The van der Waals surface area contributed by atoms with Crippen molar-refractivity contribution in [3.8, 4) is 0 Å². The Kier molecular flexibility index (Phi) is 7.76. The third-order valence-corrected chi connectivity index (χ3v) is 4.59. The summed E-state index contributed by atoms with van der Waals surface area (Å²) in [6, 6.07) is 10.4. The van der Waals surface area contributed by atoms with Gasteiger partial charge in [0.05, 0.1) is 6.10 Å². The van der Waals surface area contributed by atoms with E-state index in [-0.39, 0.29) is 0 Å². The van der Waals surface area contributed by atoms with Gasteiger partial charge in [-0.2, -0.15) is 0 Å². The third kappa shape index (κ3) is 7.14. The predicted molar refractivity (Wildman–Crippen MR) is 96.8 cm³/mol. The van der Waals surface area contributed by atoms with Gasteiger partial charge >= 0.3 is 5.97 Å². The van der Waals surface area contributed by atoms with Crippen LogP contribution in [0, 0.1) is 5.92 Å². The molecule has 1 aliphatic rings. The van der Waals surface area contributed by atoms with Gasteiger partial charge < -0.3 is 10.2 Å². The summed E-state index contributed by atoms with van der Waals surface area (Å²) in [5.41, 5.74) is 2.36. The molecule has 1 saturated carbocycles. The van der Waals surface area contributed by atoms with E-state index in [0.717, 1.165) is 56.9 Å². The molecule has 3 nitrogen and oxygen atoms in total. The van der Waals surface area contributed by atoms with Crippen molar-refractivity contribution in [1.82, 2.24) is 0 Å². The molecule has 0 radical (unpaired) electrons. The van der Waals surface area contributed by atoms with Gasteiger partial charge in [0.1, 0.15) is 0 Å². The summed E-state index contributed by atoms with van der Waals surface area (Å²) in [5, 5.41) is 18.9. The van der Waals surface area contributed by atoms with Crippen molar-refractivity contribution in [3.63, 3.8) is 0 Å². The van der Waals surface area contributed by atoms with Crippen molar-refractivity contribution in [2.45, 2.75) is 57.5 Å². The molecule has 130 valence electrons. The fraction of sp³-hybridized carbons (Fsp3) is 0.476. The van der Waals surface area contributed by atoms with Crippen molar-refractivity contribution in [3.05, 3.63) is 59.7 Å². The molecule has 0 aliphatic heterocycles. The van der Waals surface area contributed by atoms with Crippen LogP contribution in [0.15, 0.2) is 54.1 Å². The molecule has 0 spiro atoms. The first-order chi connectivity index (χ1) is 11.6. The lowest BCUT2D eigenvalue weighted by atomic mass is 9.85. The highest BCUT2D eigenvalue weighted by Gasteiger charge is 2.15. The first kappa shape index (κ1) is 18.5. The molecule has 0 bridgehead atoms. The van der Waals surface area contributed by atoms with Crippen LogP contribution in [0.3, 0.4) is 0 Å². The van der Waals surface area contributed by atoms with Gasteiger partial charge in [-0.15, -0.1) is 0 Å². The van der Waals surface area contributed by atoms with E-state index in [1.807, 2.05) is 12.1 Å². The summed E-state index contributed by atoms with van der Waals surface area (Å²) >= 11 is 0. The fourth-order valence-corrected chi connectivity index (χ4v) is 3.31. The molecular weight excluding hydrogens is 300 g/mol. The normalized spacial score (nSPS) is 21.2. The zero-order valence-electron chi connectivity index (χ0n) is 14.2. The average Bonchev–Trinajstić information content (AvgIpc) is 2.58. The van der Waals surface area contributed by atoms with E-state index in [0.29, 0.717) is 5.92 Å². The van der Waals surface area contributed by atoms with Gasteiger partial charge in [0.25, 0.3) is 0 Å². The van der Waals surface area contributed by atoms with E-state index < -0.39 is 12.1 Å². The van der Waals surface area contributed by atoms with Crippen molar-refractivity contribution >= 4 is 5.97 Å². The zero-order valence-corrected chi connectivity index (χ0v) is 14.2. The molecule has 0 amide bonds. The minimum Gasteiger partial charge on any atom is -0.478 e. The second kappa shape index (κ2) is 10.1. The van der Waals surface area contributed by atoms with E-state index in [1.165, 1.54) is 11.6 Å². The van der Waals surface area contributed by atoms with Crippen LogP contribution in [-0.2, 0) is 11.2 Å². The Morgan fingerprint density at radius 3 is 2.79 bits per heavy atom. The number of carboxylic acid groups (broad SMARTS) is 1. The number of aliphatic carboxylic acids is 1. The van der Waals surface area contributed by atoms with E-state index in [1.54, 1.807) is 0 Å². The van der Waals surface area contributed by atoms with Gasteiger partial charge in [0.15, 0.2) is 0 Å². The van der Waals surface area contributed by atoms with E-state index >= 15 is 0 Å². The molecule has 3 heteroatoms. The summed E-state index contributed by atoms with van der Waals surface area (Å²) in [4.78, 5) is 10.8. The van der Waals surface area contributed by atoms with Gasteiger partial charge in [0, 0.05) is 6.08 Å². The maximum absolute atomic E-state index is 10.8. The lowest BCUT2D eigenvalue weighted by Gasteiger charge is -2.21. The van der Waals surface area contributed by atoms with Gasteiger partial charge in [-0.1, -0.05) is 54.5 Å². The molecule has 1 aliphatic carbocycles. The number of aryl methyl sites for hydroxylation is 1. The van der Waals surface area contributed by atoms with Gasteiger partial charge in [-0.25, -0.2) is 4.79 Å². The standard InChI is InChI=1S/C21H28O3/c22-20(12-5-4-9-17-7-2-1-3-8-17)14-13-18-10-6-11-19(15-18)16-21(23)24/h1-3,7-8,13-14,16,18,20,22H,4-6,9-12,15H2,(H,23,24)/b14-13+,19-16-/t18-,20+/m0/s1. The topological polar surface area (TPSA) is 57.5 Å². The minimum absolute atomic E-state index is 0.364. The zero-order chi connectivity index (χ0) is 17.2. The highest BCUT2D eigenvalue weighted by molar-refractivity contribution is 5.80. The number of unbranched alkanes of at least 4 members (excludes halogenated alkanes) is 1. The Hall–Kier alpha value is -1.87. The third-order valence-electron chi connectivity index (χ3n) is 4.59. The Morgan fingerprint density at radius 2 is 2.04 bits per heavy atom. The Balaban J connectivity index is 1.67. The summed E-state index contributed by atoms with van der Waals surface area (Å²) in [6.45, 7) is 0. The van der Waals surface area contributed by atoms with Gasteiger partial charge in [0.2, 0.25) is 0 Å². The SMILES string of the molecule is O=C(O)/C=C1/CCC[C@@H](/C=C/[C@H](O)CCCCc2ccccc2)C1. The fourth-order valence-electron chi connectivity index (χ4n) is 3.31. The maximum Gasteiger partial charge on any atom is 0.328 e. The number of aliphatic hydroxyl groups is 1. The molecule has 2 N–H and O–H groups in total. The molecule has 0 aromatic heterocycles. The van der Waals surface area contributed by atoms with Crippen LogP contribution in [0.2, 0.25) is 0 Å². The lowest BCUT2D eigenvalue weighted by Crippen LogP contribution is -2.09. The number of rotatable bonds is 8. The number of aliphatic hydroxyl groups excluding tert-OH is 1. The van der Waals surface area contributed by atoms with Gasteiger partial charge in [-0.3, -0.25) is 0 Å². The summed E-state index contributed by atoms with van der Waals surface area (Å²) in [6.07, 6.45) is 12.7. The number of allylic oxidation sites excluding steroid dienone is 2. The van der Waals surface area contributed by atoms with Crippen LogP contribution in [0.25, 0.3) is 0 Å². The predicted octanol–water partition coefficient (Wildman–Crippen LogP) is 4.52. The molecule has 2 atom stereocenters.